The van der Waals surface area contributed by atoms with Crippen molar-refractivity contribution in [2.24, 2.45) is 11.1 Å². The standard InChI is InChI=1S/C14H22N4O3/c1-14(6-5-11(15)12(8-14)18-16-2)13(21)17-10(9-20)4-3-7-19/h5-7,9-10,16,18H,3-4,8,15H2,1-2H3,(H,17,21)/t10-,14-/m0/s1. The van der Waals surface area contributed by atoms with Crippen LogP contribution in [0.3, 0.4) is 0 Å². The Labute approximate surface area is 124 Å². The van der Waals surface area contributed by atoms with Crippen molar-refractivity contribution in [2.75, 3.05) is 7.05 Å². The zero-order chi connectivity index (χ0) is 15.9. The molecule has 5 N–H and O–H groups in total. The van der Waals surface area contributed by atoms with E-state index in [1.54, 1.807) is 26.1 Å². The molecule has 0 unspecified atom stereocenters. The van der Waals surface area contributed by atoms with E-state index in [1.165, 1.54) is 0 Å². The summed E-state index contributed by atoms with van der Waals surface area (Å²) in [6, 6.07) is -0.656. The van der Waals surface area contributed by atoms with E-state index in [9.17, 15) is 14.4 Å². The predicted molar refractivity (Wildman–Crippen MR) is 78.6 cm³/mol. The number of aldehydes is 2. The molecule has 0 aromatic heterocycles. The number of hydrogen-bond acceptors (Lipinski definition) is 6. The van der Waals surface area contributed by atoms with Crippen LogP contribution in [0, 0.1) is 5.41 Å². The van der Waals surface area contributed by atoms with Crippen LogP contribution in [-0.4, -0.2) is 31.6 Å². The fourth-order valence-corrected chi connectivity index (χ4v) is 2.08. The van der Waals surface area contributed by atoms with Crippen LogP contribution in [0.15, 0.2) is 23.5 Å². The van der Waals surface area contributed by atoms with Gasteiger partial charge in [0.25, 0.3) is 0 Å². The van der Waals surface area contributed by atoms with Crippen LogP contribution in [0.2, 0.25) is 0 Å². The first kappa shape index (κ1) is 16.9. The van der Waals surface area contributed by atoms with Gasteiger partial charge in [0.1, 0.15) is 12.6 Å². The summed E-state index contributed by atoms with van der Waals surface area (Å²) < 4.78 is 0. The topological polar surface area (TPSA) is 113 Å². The first-order valence-corrected chi connectivity index (χ1v) is 6.77. The molecule has 7 nitrogen and oxygen atoms in total. The number of hydrazine groups is 1. The van der Waals surface area contributed by atoms with Crippen LogP contribution in [0.1, 0.15) is 26.2 Å². The summed E-state index contributed by atoms with van der Waals surface area (Å²) in [4.78, 5) is 33.7. The zero-order valence-electron chi connectivity index (χ0n) is 12.3. The lowest BCUT2D eigenvalue weighted by molar-refractivity contribution is -0.130. The van der Waals surface area contributed by atoms with Crippen molar-refractivity contribution in [3.63, 3.8) is 0 Å². The van der Waals surface area contributed by atoms with Gasteiger partial charge < -0.3 is 26.1 Å². The summed E-state index contributed by atoms with van der Waals surface area (Å²) in [6.45, 7) is 1.77. The van der Waals surface area contributed by atoms with Gasteiger partial charge in [0.05, 0.1) is 22.9 Å². The van der Waals surface area contributed by atoms with E-state index in [4.69, 9.17) is 5.73 Å². The average molecular weight is 294 g/mol. The van der Waals surface area contributed by atoms with E-state index in [1.807, 2.05) is 0 Å². The highest BCUT2D eigenvalue weighted by Crippen LogP contribution is 2.31. The van der Waals surface area contributed by atoms with Gasteiger partial charge in [-0.25, -0.2) is 5.43 Å². The Morgan fingerprint density at radius 1 is 1.52 bits per heavy atom. The summed E-state index contributed by atoms with van der Waals surface area (Å²) in [5, 5.41) is 2.66. The summed E-state index contributed by atoms with van der Waals surface area (Å²) in [5.41, 5.74) is 12.0. The van der Waals surface area contributed by atoms with Crippen molar-refractivity contribution < 1.29 is 14.4 Å². The summed E-state index contributed by atoms with van der Waals surface area (Å²) in [5.74, 6) is -0.273. The Hall–Kier alpha value is -2.15. The highest BCUT2D eigenvalue weighted by Gasteiger charge is 2.35. The minimum Gasteiger partial charge on any atom is -0.397 e. The molecular formula is C14H22N4O3. The van der Waals surface area contributed by atoms with E-state index >= 15 is 0 Å². The number of hydrogen-bond donors (Lipinski definition) is 4. The molecule has 0 aromatic rings. The third-order valence-electron chi connectivity index (χ3n) is 3.39. The monoisotopic (exact) mass is 294 g/mol. The molecule has 0 radical (unpaired) electrons. The molecule has 0 aromatic carbocycles. The van der Waals surface area contributed by atoms with E-state index in [-0.39, 0.29) is 12.3 Å². The van der Waals surface area contributed by atoms with E-state index in [0.29, 0.717) is 30.5 Å². The van der Waals surface area contributed by atoms with Crippen LogP contribution in [0.4, 0.5) is 0 Å². The molecule has 116 valence electrons. The molecule has 0 fully saturated rings. The van der Waals surface area contributed by atoms with Crippen molar-refractivity contribution >= 4 is 18.5 Å². The third kappa shape index (κ3) is 4.42. The minimum atomic E-state index is -0.801. The van der Waals surface area contributed by atoms with Gasteiger partial charge in [-0.05, 0) is 19.4 Å². The van der Waals surface area contributed by atoms with Gasteiger partial charge in [-0.3, -0.25) is 4.79 Å². The number of rotatable bonds is 8. The van der Waals surface area contributed by atoms with Crippen LogP contribution in [0.25, 0.3) is 0 Å². The maximum Gasteiger partial charge on any atom is 0.230 e. The maximum absolute atomic E-state index is 12.4. The van der Waals surface area contributed by atoms with Crippen molar-refractivity contribution in [1.29, 1.82) is 0 Å². The second-order valence-corrected chi connectivity index (χ2v) is 5.20. The number of nitrogens with two attached hydrogens (primary N) is 1. The molecule has 1 rings (SSSR count). The molecule has 7 heteroatoms. The van der Waals surface area contributed by atoms with Crippen LogP contribution < -0.4 is 21.9 Å². The number of nitrogens with one attached hydrogen (secondary N) is 3. The first-order valence-electron chi connectivity index (χ1n) is 6.77. The van der Waals surface area contributed by atoms with Crippen LogP contribution in [-0.2, 0) is 14.4 Å². The lowest BCUT2D eigenvalue weighted by Gasteiger charge is -2.31. The molecule has 0 saturated heterocycles. The second kappa shape index (κ2) is 7.58. The van der Waals surface area contributed by atoms with Gasteiger partial charge in [0.2, 0.25) is 5.91 Å². The Morgan fingerprint density at radius 3 is 2.81 bits per heavy atom. The Bertz CT molecular complexity index is 473. The number of carbonyl (C=O) groups excluding carboxylic acids is 3. The quantitative estimate of drug-likeness (QED) is 0.355. The third-order valence-corrected chi connectivity index (χ3v) is 3.39. The van der Waals surface area contributed by atoms with E-state index < -0.39 is 11.5 Å². The molecule has 0 aliphatic heterocycles. The molecule has 2 atom stereocenters. The zero-order valence-corrected chi connectivity index (χ0v) is 12.3. The van der Waals surface area contributed by atoms with Gasteiger partial charge in [-0.1, -0.05) is 6.08 Å². The molecule has 0 bridgehead atoms. The largest absolute Gasteiger partial charge is 0.397 e. The fourth-order valence-electron chi connectivity index (χ4n) is 2.08. The Kier molecular flexibility index (Phi) is 6.10. The minimum absolute atomic E-state index is 0.232. The molecule has 1 aliphatic carbocycles. The van der Waals surface area contributed by atoms with Crippen molar-refractivity contribution in [2.45, 2.75) is 32.2 Å². The molecule has 0 saturated carbocycles. The lowest BCUT2D eigenvalue weighted by atomic mass is 9.80. The fraction of sp³-hybridized carbons (Fsp3) is 0.500. The van der Waals surface area contributed by atoms with Crippen molar-refractivity contribution in [1.82, 2.24) is 16.2 Å². The summed E-state index contributed by atoms with van der Waals surface area (Å²) in [6.07, 6.45) is 5.69. The average Bonchev–Trinajstić information content (AvgIpc) is 2.47. The highest BCUT2D eigenvalue weighted by molar-refractivity contribution is 5.87. The normalized spacial score (nSPS) is 22.6. The smallest absolute Gasteiger partial charge is 0.230 e. The number of amides is 1. The number of allylic oxidation sites excluding steroid dienone is 2. The molecule has 1 amide bonds. The predicted octanol–water partition coefficient (Wildman–Crippen LogP) is -0.490. The van der Waals surface area contributed by atoms with Gasteiger partial charge in [-0.15, -0.1) is 0 Å². The van der Waals surface area contributed by atoms with Gasteiger partial charge in [-0.2, -0.15) is 0 Å². The van der Waals surface area contributed by atoms with E-state index in [0.717, 1.165) is 6.29 Å². The summed E-state index contributed by atoms with van der Waals surface area (Å²) >= 11 is 0. The van der Waals surface area contributed by atoms with Crippen molar-refractivity contribution in [3.05, 3.63) is 23.5 Å². The maximum atomic E-state index is 12.4. The Morgan fingerprint density at radius 2 is 2.24 bits per heavy atom. The highest BCUT2D eigenvalue weighted by atomic mass is 16.2. The van der Waals surface area contributed by atoms with E-state index in [2.05, 4.69) is 16.2 Å². The van der Waals surface area contributed by atoms with Crippen LogP contribution >= 0.6 is 0 Å². The lowest BCUT2D eigenvalue weighted by Crippen LogP contribution is -2.46. The SMILES string of the molecule is CNNC1=C(N)C=C[C@](C)(C(=O)N[C@H](C=O)CCC=O)C1. The van der Waals surface area contributed by atoms with Gasteiger partial charge in [0.15, 0.2) is 0 Å². The first-order chi connectivity index (χ1) is 9.96. The molecule has 0 spiro atoms. The number of carbonyl (C=O) groups is 3. The molecular weight excluding hydrogens is 272 g/mol. The molecule has 1 aliphatic rings. The molecule has 21 heavy (non-hydrogen) atoms. The van der Waals surface area contributed by atoms with Crippen molar-refractivity contribution in [3.8, 4) is 0 Å². The van der Waals surface area contributed by atoms with Gasteiger partial charge >= 0.3 is 0 Å². The second-order valence-electron chi connectivity index (χ2n) is 5.20. The Balaban J connectivity index is 2.75. The van der Waals surface area contributed by atoms with Crippen LogP contribution in [0.5, 0.6) is 0 Å². The van der Waals surface area contributed by atoms with Gasteiger partial charge in [0, 0.05) is 19.9 Å². The molecule has 0 heterocycles. The summed E-state index contributed by atoms with van der Waals surface area (Å²) in [7, 11) is 1.71.